The minimum atomic E-state index is -0.512. The number of nitrogens with zero attached hydrogens (tertiary/aromatic N) is 1. The van der Waals surface area contributed by atoms with E-state index >= 15 is 0 Å². The van der Waals surface area contributed by atoms with Gasteiger partial charge in [-0.25, -0.2) is 0 Å². The Kier molecular flexibility index (Phi) is 6.77. The van der Waals surface area contributed by atoms with Gasteiger partial charge in [-0.15, -0.1) is 0 Å². The highest BCUT2D eigenvalue weighted by Gasteiger charge is 2.15. The van der Waals surface area contributed by atoms with Crippen molar-refractivity contribution in [3.8, 4) is 5.75 Å². The maximum absolute atomic E-state index is 9.95. The molecule has 1 aliphatic heterocycles. The topological polar surface area (TPSA) is 44.7 Å². The van der Waals surface area contributed by atoms with Crippen molar-refractivity contribution in [2.45, 2.75) is 31.9 Å². The fraction of sp³-hybridized carbons (Fsp3) is 0.625. The van der Waals surface area contributed by atoms with E-state index in [0.717, 1.165) is 12.3 Å². The van der Waals surface area contributed by atoms with Crippen molar-refractivity contribution in [2.24, 2.45) is 0 Å². The largest absolute Gasteiger partial charge is 0.491 e. The zero-order valence-electron chi connectivity index (χ0n) is 12.6. The van der Waals surface area contributed by atoms with E-state index in [1.54, 1.807) is 24.3 Å². The standard InChI is InChI=1S/C16H25ClN2O2/c1-13(11-19-8-2-3-9-19)18-10-15(20)12-21-16-6-4-14(17)5-7-16/h4-7,13,15,18,20H,2-3,8-12H2,1H3. The Morgan fingerprint density at radius 2 is 1.95 bits per heavy atom. The quantitative estimate of drug-likeness (QED) is 0.772. The summed E-state index contributed by atoms with van der Waals surface area (Å²) in [5, 5.41) is 14.0. The molecular formula is C16H25ClN2O2. The Bertz CT molecular complexity index is 407. The van der Waals surface area contributed by atoms with Crippen molar-refractivity contribution in [1.29, 1.82) is 0 Å². The molecule has 1 saturated heterocycles. The summed E-state index contributed by atoms with van der Waals surface area (Å²) in [5.74, 6) is 0.726. The van der Waals surface area contributed by atoms with Gasteiger partial charge in [0.15, 0.2) is 0 Å². The maximum Gasteiger partial charge on any atom is 0.119 e. The fourth-order valence-corrected chi connectivity index (χ4v) is 2.66. The number of rotatable bonds is 8. The average Bonchev–Trinajstić information content (AvgIpc) is 2.97. The summed E-state index contributed by atoms with van der Waals surface area (Å²) in [6.45, 7) is 6.44. The van der Waals surface area contributed by atoms with Gasteiger partial charge in [0.05, 0.1) is 0 Å². The van der Waals surface area contributed by atoms with Crippen LogP contribution < -0.4 is 10.1 Å². The van der Waals surface area contributed by atoms with E-state index in [9.17, 15) is 5.11 Å². The predicted octanol–water partition coefficient (Wildman–Crippen LogP) is 2.15. The molecule has 5 heteroatoms. The maximum atomic E-state index is 9.95. The van der Waals surface area contributed by atoms with Gasteiger partial charge in [-0.05, 0) is 57.1 Å². The molecule has 0 aromatic heterocycles. The van der Waals surface area contributed by atoms with Gasteiger partial charge >= 0.3 is 0 Å². The summed E-state index contributed by atoms with van der Waals surface area (Å²) in [4.78, 5) is 2.47. The van der Waals surface area contributed by atoms with Crippen LogP contribution in [0, 0.1) is 0 Å². The summed E-state index contributed by atoms with van der Waals surface area (Å²) in [7, 11) is 0. The van der Waals surface area contributed by atoms with Crippen LogP contribution in [0.25, 0.3) is 0 Å². The first-order valence-electron chi connectivity index (χ1n) is 7.65. The van der Waals surface area contributed by atoms with Crippen LogP contribution in [-0.4, -0.2) is 54.9 Å². The molecule has 0 bridgehead atoms. The van der Waals surface area contributed by atoms with E-state index in [-0.39, 0.29) is 6.61 Å². The van der Waals surface area contributed by atoms with Gasteiger partial charge in [0, 0.05) is 24.2 Å². The van der Waals surface area contributed by atoms with Crippen LogP contribution in [0.2, 0.25) is 5.02 Å². The molecule has 1 heterocycles. The lowest BCUT2D eigenvalue weighted by atomic mass is 10.3. The Morgan fingerprint density at radius 1 is 1.29 bits per heavy atom. The zero-order chi connectivity index (χ0) is 15.1. The second kappa shape index (κ2) is 8.59. The van der Waals surface area contributed by atoms with Crippen LogP contribution in [0.3, 0.4) is 0 Å². The Balaban J connectivity index is 1.60. The van der Waals surface area contributed by atoms with Crippen molar-refractivity contribution < 1.29 is 9.84 Å². The number of ether oxygens (including phenoxy) is 1. The SMILES string of the molecule is CC(CN1CCCC1)NCC(O)COc1ccc(Cl)cc1. The summed E-state index contributed by atoms with van der Waals surface area (Å²) in [6.07, 6.45) is 2.11. The second-order valence-corrected chi connectivity index (χ2v) is 6.17. The molecule has 0 spiro atoms. The van der Waals surface area contributed by atoms with Gasteiger partial charge in [0.25, 0.3) is 0 Å². The van der Waals surface area contributed by atoms with Crippen LogP contribution in [-0.2, 0) is 0 Å². The van der Waals surface area contributed by atoms with E-state index in [2.05, 4.69) is 17.1 Å². The number of halogens is 1. The van der Waals surface area contributed by atoms with Gasteiger partial charge < -0.3 is 20.1 Å². The smallest absolute Gasteiger partial charge is 0.119 e. The van der Waals surface area contributed by atoms with Crippen LogP contribution in [0.4, 0.5) is 0 Å². The third-order valence-corrected chi connectivity index (χ3v) is 3.94. The van der Waals surface area contributed by atoms with E-state index in [1.165, 1.54) is 25.9 Å². The molecule has 0 amide bonds. The van der Waals surface area contributed by atoms with Crippen LogP contribution in [0.1, 0.15) is 19.8 Å². The first-order valence-corrected chi connectivity index (χ1v) is 8.03. The summed E-state index contributed by atoms with van der Waals surface area (Å²) < 4.78 is 5.53. The van der Waals surface area contributed by atoms with Crippen molar-refractivity contribution in [3.05, 3.63) is 29.3 Å². The predicted molar refractivity (Wildman–Crippen MR) is 86.1 cm³/mol. The lowest BCUT2D eigenvalue weighted by Gasteiger charge is -2.22. The van der Waals surface area contributed by atoms with Gasteiger partial charge in [-0.2, -0.15) is 0 Å². The molecule has 21 heavy (non-hydrogen) atoms. The number of nitrogens with one attached hydrogen (secondary N) is 1. The van der Waals surface area contributed by atoms with Gasteiger partial charge in [0.1, 0.15) is 18.5 Å². The third-order valence-electron chi connectivity index (χ3n) is 3.69. The third kappa shape index (κ3) is 6.22. The number of hydrogen-bond acceptors (Lipinski definition) is 4. The Labute approximate surface area is 132 Å². The lowest BCUT2D eigenvalue weighted by Crippen LogP contribution is -2.42. The summed E-state index contributed by atoms with van der Waals surface area (Å²) in [5.41, 5.74) is 0. The Morgan fingerprint density at radius 3 is 2.62 bits per heavy atom. The summed E-state index contributed by atoms with van der Waals surface area (Å²) >= 11 is 5.81. The molecule has 0 radical (unpaired) electrons. The van der Waals surface area contributed by atoms with Gasteiger partial charge in [-0.1, -0.05) is 11.6 Å². The molecule has 2 N–H and O–H groups in total. The molecule has 1 fully saturated rings. The highest BCUT2D eigenvalue weighted by molar-refractivity contribution is 6.30. The molecule has 118 valence electrons. The Hall–Kier alpha value is -0.810. The number of aliphatic hydroxyl groups is 1. The summed E-state index contributed by atoms with van der Waals surface area (Å²) in [6, 6.07) is 7.55. The second-order valence-electron chi connectivity index (χ2n) is 5.74. The molecule has 0 aliphatic carbocycles. The van der Waals surface area contributed by atoms with Crippen molar-refractivity contribution in [1.82, 2.24) is 10.2 Å². The number of benzene rings is 1. The molecule has 1 aromatic carbocycles. The number of aliphatic hydroxyl groups excluding tert-OH is 1. The number of hydrogen-bond donors (Lipinski definition) is 2. The minimum absolute atomic E-state index is 0.283. The zero-order valence-corrected chi connectivity index (χ0v) is 13.4. The minimum Gasteiger partial charge on any atom is -0.491 e. The lowest BCUT2D eigenvalue weighted by molar-refractivity contribution is 0.102. The fourth-order valence-electron chi connectivity index (χ4n) is 2.54. The molecule has 1 aromatic rings. The van der Waals surface area contributed by atoms with Gasteiger partial charge in [-0.3, -0.25) is 0 Å². The normalized spacial score (nSPS) is 18.6. The molecule has 2 unspecified atom stereocenters. The highest BCUT2D eigenvalue weighted by Crippen LogP contribution is 2.15. The van der Waals surface area contributed by atoms with Crippen molar-refractivity contribution >= 4 is 11.6 Å². The van der Waals surface area contributed by atoms with E-state index in [0.29, 0.717) is 17.6 Å². The van der Waals surface area contributed by atoms with Crippen LogP contribution in [0.15, 0.2) is 24.3 Å². The molecule has 0 saturated carbocycles. The van der Waals surface area contributed by atoms with Crippen LogP contribution >= 0.6 is 11.6 Å². The molecule has 2 atom stereocenters. The van der Waals surface area contributed by atoms with E-state index < -0.39 is 6.10 Å². The van der Waals surface area contributed by atoms with E-state index in [4.69, 9.17) is 16.3 Å². The van der Waals surface area contributed by atoms with Crippen molar-refractivity contribution in [2.75, 3.05) is 32.8 Å². The van der Waals surface area contributed by atoms with Crippen molar-refractivity contribution in [3.63, 3.8) is 0 Å². The van der Waals surface area contributed by atoms with E-state index in [1.807, 2.05) is 0 Å². The van der Waals surface area contributed by atoms with Gasteiger partial charge in [0.2, 0.25) is 0 Å². The molecule has 2 rings (SSSR count). The van der Waals surface area contributed by atoms with Crippen LogP contribution in [0.5, 0.6) is 5.75 Å². The molecular weight excluding hydrogens is 288 g/mol. The first kappa shape index (κ1) is 16.6. The highest BCUT2D eigenvalue weighted by atomic mass is 35.5. The molecule has 4 nitrogen and oxygen atoms in total. The first-order chi connectivity index (χ1) is 10.1. The average molecular weight is 313 g/mol. The molecule has 1 aliphatic rings. The number of likely N-dealkylation sites (tertiary alicyclic amines) is 1. The monoisotopic (exact) mass is 312 g/mol.